The van der Waals surface area contributed by atoms with Crippen LogP contribution < -0.4 is 10.4 Å². The van der Waals surface area contributed by atoms with Crippen molar-refractivity contribution in [3.05, 3.63) is 140 Å². The first-order valence-corrected chi connectivity index (χ1v) is 11.1. The molecule has 0 fully saturated rings. The normalized spacial score (nSPS) is 11.1. The lowest BCUT2D eigenvalue weighted by molar-refractivity contribution is 0.426. The largest absolute Gasteiger partial charge is 0.488 e. The Morgan fingerprint density at radius 2 is 1.29 bits per heavy atom. The van der Waals surface area contributed by atoms with Crippen LogP contribution in [0.15, 0.2) is 135 Å². The Morgan fingerprint density at radius 3 is 1.88 bits per heavy atom. The van der Waals surface area contributed by atoms with Crippen LogP contribution in [0.3, 0.4) is 0 Å². The molecule has 4 aromatic carbocycles. The molecule has 0 aromatic heterocycles. The van der Waals surface area contributed by atoms with Crippen molar-refractivity contribution < 1.29 is 10.0 Å². The van der Waals surface area contributed by atoms with E-state index in [1.165, 1.54) is 0 Å². The van der Waals surface area contributed by atoms with Gasteiger partial charge < -0.3 is 14.9 Å². The average Bonchev–Trinajstić information content (AvgIpc) is 2.89. The molecule has 0 bridgehead atoms. The first-order chi connectivity index (χ1) is 16.6. The van der Waals surface area contributed by atoms with Gasteiger partial charge in [0.25, 0.3) is 0 Å². The van der Waals surface area contributed by atoms with Gasteiger partial charge in [-0.15, -0.1) is 0 Å². The SMILES string of the molecule is C=C/C=C(\C=C)c1ccc(N(c2ccc(B(O)O)cc2)c2ccccc2-c2ccccc2)cc1. The molecule has 4 rings (SSSR count). The number of para-hydroxylation sites is 1. The fourth-order valence-corrected chi connectivity index (χ4v) is 3.97. The molecule has 0 saturated carbocycles. The van der Waals surface area contributed by atoms with Crippen molar-refractivity contribution in [3.63, 3.8) is 0 Å². The molecule has 0 spiro atoms. The molecule has 0 saturated heterocycles. The Kier molecular flexibility index (Phi) is 7.23. The van der Waals surface area contributed by atoms with E-state index in [9.17, 15) is 10.0 Å². The Labute approximate surface area is 201 Å². The van der Waals surface area contributed by atoms with Crippen molar-refractivity contribution in [3.8, 4) is 11.1 Å². The molecular weight excluding hydrogens is 417 g/mol. The zero-order valence-electron chi connectivity index (χ0n) is 18.9. The smallest absolute Gasteiger partial charge is 0.423 e. The van der Waals surface area contributed by atoms with Gasteiger partial charge in [-0.25, -0.2) is 0 Å². The molecule has 0 radical (unpaired) electrons. The number of nitrogens with zero attached hydrogens (tertiary/aromatic N) is 1. The molecule has 0 unspecified atom stereocenters. The minimum absolute atomic E-state index is 0.445. The van der Waals surface area contributed by atoms with Crippen LogP contribution in [0.1, 0.15) is 5.56 Å². The lowest BCUT2D eigenvalue weighted by atomic mass is 9.80. The van der Waals surface area contributed by atoms with Gasteiger partial charge in [0.15, 0.2) is 0 Å². The summed E-state index contributed by atoms with van der Waals surface area (Å²) in [5, 5.41) is 19.1. The molecule has 0 heterocycles. The first-order valence-electron chi connectivity index (χ1n) is 11.1. The third-order valence-electron chi connectivity index (χ3n) is 5.66. The fraction of sp³-hybridized carbons (Fsp3) is 0. The second-order valence-electron chi connectivity index (χ2n) is 7.79. The number of hydrogen-bond donors (Lipinski definition) is 2. The Morgan fingerprint density at radius 1 is 0.706 bits per heavy atom. The molecule has 0 aliphatic carbocycles. The minimum atomic E-state index is -1.51. The number of benzene rings is 4. The molecule has 166 valence electrons. The Hall–Kier alpha value is -4.12. The van der Waals surface area contributed by atoms with Crippen LogP contribution in [0.5, 0.6) is 0 Å². The molecular formula is C30H26BNO2. The topological polar surface area (TPSA) is 43.7 Å². The van der Waals surface area contributed by atoms with Crippen LogP contribution in [0.4, 0.5) is 17.1 Å². The van der Waals surface area contributed by atoms with Crippen LogP contribution in [0, 0.1) is 0 Å². The van der Waals surface area contributed by atoms with Gasteiger partial charge in [-0.1, -0.05) is 104 Å². The minimum Gasteiger partial charge on any atom is -0.423 e. The zero-order chi connectivity index (χ0) is 23.9. The zero-order valence-corrected chi connectivity index (χ0v) is 18.9. The summed E-state index contributed by atoms with van der Waals surface area (Å²) >= 11 is 0. The van der Waals surface area contributed by atoms with Crippen LogP contribution in [-0.2, 0) is 0 Å². The highest BCUT2D eigenvalue weighted by Crippen LogP contribution is 2.40. The lowest BCUT2D eigenvalue weighted by Crippen LogP contribution is -2.29. The molecule has 2 N–H and O–H groups in total. The average molecular weight is 443 g/mol. The summed E-state index contributed by atoms with van der Waals surface area (Å²) in [6.45, 7) is 7.70. The standard InChI is InChI=1S/C30H26BNO2/c1-3-10-23(4-2)24-15-19-27(20-16-24)32(28-21-17-26(18-22-28)31(33)34)30-14-9-8-13-29(30)25-11-6-5-7-12-25/h3-22,33-34H,1-2H2/b23-10+. The quantitative estimate of drug-likeness (QED) is 0.250. The van der Waals surface area contributed by atoms with E-state index in [1.807, 2.05) is 54.6 Å². The summed E-state index contributed by atoms with van der Waals surface area (Å²) < 4.78 is 0. The molecule has 34 heavy (non-hydrogen) atoms. The lowest BCUT2D eigenvalue weighted by Gasteiger charge is -2.28. The maximum Gasteiger partial charge on any atom is 0.488 e. The van der Waals surface area contributed by atoms with Crippen LogP contribution in [0.2, 0.25) is 0 Å². The van der Waals surface area contributed by atoms with Crippen molar-refractivity contribution >= 4 is 35.2 Å². The van der Waals surface area contributed by atoms with Gasteiger partial charge in [-0.05, 0) is 52.5 Å². The van der Waals surface area contributed by atoms with Crippen molar-refractivity contribution in [1.29, 1.82) is 0 Å². The van der Waals surface area contributed by atoms with Crippen LogP contribution in [0.25, 0.3) is 16.7 Å². The second-order valence-corrected chi connectivity index (χ2v) is 7.79. The van der Waals surface area contributed by atoms with Crippen molar-refractivity contribution in [2.45, 2.75) is 0 Å². The van der Waals surface area contributed by atoms with Crippen LogP contribution in [-0.4, -0.2) is 17.2 Å². The van der Waals surface area contributed by atoms with Crippen molar-refractivity contribution in [1.82, 2.24) is 0 Å². The summed E-state index contributed by atoms with van der Waals surface area (Å²) in [7, 11) is -1.51. The van der Waals surface area contributed by atoms with E-state index in [0.717, 1.165) is 39.3 Å². The van der Waals surface area contributed by atoms with Crippen molar-refractivity contribution in [2.75, 3.05) is 4.90 Å². The molecule has 0 aliphatic heterocycles. The summed E-state index contributed by atoms with van der Waals surface area (Å²) in [5.41, 5.74) is 7.61. The van der Waals surface area contributed by atoms with E-state index < -0.39 is 7.12 Å². The third-order valence-corrected chi connectivity index (χ3v) is 5.66. The summed E-state index contributed by atoms with van der Waals surface area (Å²) in [6.07, 6.45) is 5.51. The van der Waals surface area contributed by atoms with E-state index in [0.29, 0.717) is 5.46 Å². The number of anilines is 3. The van der Waals surface area contributed by atoms with Gasteiger partial charge in [0.05, 0.1) is 5.69 Å². The summed E-state index contributed by atoms with van der Waals surface area (Å²) in [5.74, 6) is 0. The monoisotopic (exact) mass is 443 g/mol. The van der Waals surface area contributed by atoms with E-state index in [2.05, 4.69) is 66.6 Å². The number of hydrogen-bond acceptors (Lipinski definition) is 3. The van der Waals surface area contributed by atoms with Gasteiger partial charge >= 0.3 is 7.12 Å². The maximum atomic E-state index is 9.55. The van der Waals surface area contributed by atoms with Gasteiger partial charge in [-0.3, -0.25) is 0 Å². The predicted molar refractivity (Wildman–Crippen MR) is 145 cm³/mol. The molecule has 0 atom stereocenters. The second kappa shape index (κ2) is 10.7. The van der Waals surface area contributed by atoms with Gasteiger partial charge in [0.1, 0.15) is 0 Å². The third kappa shape index (κ3) is 4.94. The highest BCUT2D eigenvalue weighted by molar-refractivity contribution is 6.58. The van der Waals surface area contributed by atoms with Crippen LogP contribution >= 0.6 is 0 Å². The Bertz CT molecular complexity index is 1290. The summed E-state index contributed by atoms with van der Waals surface area (Å²) in [4.78, 5) is 2.17. The van der Waals surface area contributed by atoms with E-state index >= 15 is 0 Å². The van der Waals surface area contributed by atoms with E-state index in [4.69, 9.17) is 0 Å². The Balaban J connectivity index is 1.87. The van der Waals surface area contributed by atoms with Crippen molar-refractivity contribution in [2.24, 2.45) is 0 Å². The molecule has 0 aliphatic rings. The first kappa shape index (κ1) is 23.1. The van der Waals surface area contributed by atoms with E-state index in [-0.39, 0.29) is 0 Å². The molecule has 3 nitrogen and oxygen atoms in total. The predicted octanol–water partition coefficient (Wildman–Crippen LogP) is 6.26. The van der Waals surface area contributed by atoms with E-state index in [1.54, 1.807) is 18.2 Å². The molecule has 0 amide bonds. The number of allylic oxidation sites excluding steroid dienone is 4. The maximum absolute atomic E-state index is 9.55. The summed E-state index contributed by atoms with van der Waals surface area (Å²) in [6, 6.07) is 34.1. The number of rotatable bonds is 8. The van der Waals surface area contributed by atoms with Gasteiger partial charge in [-0.2, -0.15) is 0 Å². The highest BCUT2D eigenvalue weighted by Gasteiger charge is 2.18. The van der Waals surface area contributed by atoms with Gasteiger partial charge in [0, 0.05) is 16.9 Å². The fourth-order valence-electron chi connectivity index (χ4n) is 3.97. The van der Waals surface area contributed by atoms with Gasteiger partial charge in [0.2, 0.25) is 0 Å². The highest BCUT2D eigenvalue weighted by atomic mass is 16.4. The molecule has 4 aromatic rings. The molecule has 4 heteroatoms.